The van der Waals surface area contributed by atoms with Crippen LogP contribution in [0.3, 0.4) is 0 Å². The minimum absolute atomic E-state index is 0.0942. The molecule has 0 aliphatic carbocycles. The number of aromatic nitrogens is 2. The molecule has 0 saturated heterocycles. The van der Waals surface area contributed by atoms with E-state index in [9.17, 15) is 4.79 Å². The van der Waals surface area contributed by atoms with Gasteiger partial charge in [-0.1, -0.05) is 29.8 Å². The molecule has 5 heteroatoms. The molecule has 110 valence electrons. The Balaban J connectivity index is 1.57. The Bertz CT molecular complexity index is 630. The Hall–Kier alpha value is -2.14. The van der Waals surface area contributed by atoms with Crippen LogP contribution in [-0.4, -0.2) is 29.2 Å². The van der Waals surface area contributed by atoms with Crippen LogP contribution < -0.4 is 10.6 Å². The van der Waals surface area contributed by atoms with Crippen molar-refractivity contribution in [1.82, 2.24) is 20.8 Å². The molecular formula is C16H20N4O. The molecule has 1 aliphatic rings. The number of H-pyrrole nitrogens is 1. The molecule has 0 fully saturated rings. The number of nitrogens with one attached hydrogen (secondary N) is 3. The number of amides is 1. The number of aryl methyl sites for hydroxylation is 1. The molecule has 0 bridgehead atoms. The standard InChI is InChI=1S/C16H20N4O/c1-11-2-4-12(5-3-11)6-9-18-16(21)15-13-10-17-8-7-14(13)19-20-15/h2-5,17H,6-10H2,1H3,(H,18,21)(H,19,20). The molecule has 3 N–H and O–H groups in total. The van der Waals surface area contributed by atoms with Crippen molar-refractivity contribution in [1.29, 1.82) is 0 Å². The lowest BCUT2D eigenvalue weighted by molar-refractivity contribution is 0.0948. The molecule has 2 aromatic rings. The van der Waals surface area contributed by atoms with Gasteiger partial charge in [0.05, 0.1) is 0 Å². The largest absolute Gasteiger partial charge is 0.350 e. The van der Waals surface area contributed by atoms with Crippen molar-refractivity contribution >= 4 is 5.91 Å². The predicted molar refractivity (Wildman–Crippen MR) is 81.2 cm³/mol. The van der Waals surface area contributed by atoms with E-state index >= 15 is 0 Å². The molecule has 3 rings (SSSR count). The molecule has 0 unspecified atom stereocenters. The molecule has 0 atom stereocenters. The highest BCUT2D eigenvalue weighted by atomic mass is 16.1. The van der Waals surface area contributed by atoms with Crippen molar-refractivity contribution in [3.8, 4) is 0 Å². The fraction of sp³-hybridized carbons (Fsp3) is 0.375. The maximum atomic E-state index is 12.2. The summed E-state index contributed by atoms with van der Waals surface area (Å²) in [6, 6.07) is 8.38. The zero-order valence-corrected chi connectivity index (χ0v) is 12.2. The summed E-state index contributed by atoms with van der Waals surface area (Å²) >= 11 is 0. The number of carbonyl (C=O) groups excluding carboxylic acids is 1. The van der Waals surface area contributed by atoms with Crippen molar-refractivity contribution in [2.75, 3.05) is 13.1 Å². The van der Waals surface area contributed by atoms with E-state index < -0.39 is 0 Å². The molecule has 2 heterocycles. The third-order valence-corrected chi connectivity index (χ3v) is 3.84. The smallest absolute Gasteiger partial charge is 0.272 e. The van der Waals surface area contributed by atoms with E-state index in [1.165, 1.54) is 11.1 Å². The van der Waals surface area contributed by atoms with Gasteiger partial charge in [-0.25, -0.2) is 0 Å². The van der Waals surface area contributed by atoms with Crippen molar-refractivity contribution in [3.05, 3.63) is 52.3 Å². The van der Waals surface area contributed by atoms with Crippen molar-refractivity contribution in [3.63, 3.8) is 0 Å². The normalized spacial score (nSPS) is 13.8. The Morgan fingerprint density at radius 1 is 1.33 bits per heavy atom. The van der Waals surface area contributed by atoms with Crippen molar-refractivity contribution in [2.24, 2.45) is 0 Å². The van der Waals surface area contributed by atoms with Gasteiger partial charge in [-0.15, -0.1) is 0 Å². The number of fused-ring (bicyclic) bond motifs is 1. The zero-order valence-electron chi connectivity index (χ0n) is 12.2. The zero-order chi connectivity index (χ0) is 14.7. The minimum atomic E-state index is -0.0942. The molecular weight excluding hydrogens is 264 g/mol. The Morgan fingerprint density at radius 2 is 2.14 bits per heavy atom. The van der Waals surface area contributed by atoms with E-state index in [2.05, 4.69) is 52.0 Å². The second-order valence-corrected chi connectivity index (χ2v) is 5.45. The summed E-state index contributed by atoms with van der Waals surface area (Å²) in [6.07, 6.45) is 1.73. The van der Waals surface area contributed by atoms with Gasteiger partial charge >= 0.3 is 0 Å². The summed E-state index contributed by atoms with van der Waals surface area (Å²) in [5, 5.41) is 13.3. The molecule has 1 aliphatic heterocycles. The van der Waals surface area contributed by atoms with E-state index in [1.807, 2.05) is 0 Å². The molecule has 1 aromatic heterocycles. The Kier molecular flexibility index (Phi) is 4.01. The first kappa shape index (κ1) is 13.8. The van der Waals surface area contributed by atoms with E-state index in [1.54, 1.807) is 0 Å². The lowest BCUT2D eigenvalue weighted by atomic mass is 10.1. The molecule has 0 radical (unpaired) electrons. The van der Waals surface area contributed by atoms with Gasteiger partial charge in [0.1, 0.15) is 0 Å². The van der Waals surface area contributed by atoms with Crippen LogP contribution in [0.15, 0.2) is 24.3 Å². The van der Waals surface area contributed by atoms with Gasteiger partial charge in [-0.2, -0.15) is 5.10 Å². The number of carbonyl (C=O) groups is 1. The van der Waals surface area contributed by atoms with Crippen molar-refractivity contribution < 1.29 is 4.79 Å². The van der Waals surface area contributed by atoms with Crippen LogP contribution in [0.25, 0.3) is 0 Å². The number of nitrogens with zero attached hydrogens (tertiary/aromatic N) is 1. The van der Waals surface area contributed by atoms with Gasteiger partial charge in [0.15, 0.2) is 5.69 Å². The van der Waals surface area contributed by atoms with E-state index in [0.717, 1.165) is 30.6 Å². The average molecular weight is 284 g/mol. The quantitative estimate of drug-likeness (QED) is 0.793. The second-order valence-electron chi connectivity index (χ2n) is 5.45. The van der Waals surface area contributed by atoms with Gasteiger partial charge in [0.2, 0.25) is 0 Å². The van der Waals surface area contributed by atoms with E-state index in [-0.39, 0.29) is 5.91 Å². The van der Waals surface area contributed by atoms with Gasteiger partial charge in [-0.05, 0) is 18.9 Å². The third-order valence-electron chi connectivity index (χ3n) is 3.84. The monoisotopic (exact) mass is 284 g/mol. The number of hydrogen-bond acceptors (Lipinski definition) is 3. The van der Waals surface area contributed by atoms with Gasteiger partial charge in [0.25, 0.3) is 5.91 Å². The first-order valence-electron chi connectivity index (χ1n) is 7.34. The van der Waals surface area contributed by atoms with Crippen LogP contribution in [0, 0.1) is 6.92 Å². The van der Waals surface area contributed by atoms with Crippen LogP contribution in [0.4, 0.5) is 0 Å². The molecule has 5 nitrogen and oxygen atoms in total. The predicted octanol–water partition coefficient (Wildman–Crippen LogP) is 1.34. The van der Waals surface area contributed by atoms with Gasteiger partial charge < -0.3 is 10.6 Å². The molecule has 21 heavy (non-hydrogen) atoms. The summed E-state index contributed by atoms with van der Waals surface area (Å²) < 4.78 is 0. The maximum Gasteiger partial charge on any atom is 0.272 e. The molecule has 1 aromatic carbocycles. The SMILES string of the molecule is Cc1ccc(CCNC(=O)c2n[nH]c3c2CNCC3)cc1. The molecule has 0 spiro atoms. The van der Waals surface area contributed by atoms with Gasteiger partial charge in [-0.3, -0.25) is 9.89 Å². The van der Waals surface area contributed by atoms with E-state index in [4.69, 9.17) is 0 Å². The third kappa shape index (κ3) is 3.13. The van der Waals surface area contributed by atoms with Gasteiger partial charge in [0, 0.05) is 37.3 Å². The van der Waals surface area contributed by atoms with Crippen LogP contribution in [0.1, 0.15) is 32.9 Å². The first-order valence-corrected chi connectivity index (χ1v) is 7.34. The minimum Gasteiger partial charge on any atom is -0.350 e. The van der Waals surface area contributed by atoms with Crippen LogP contribution in [0.5, 0.6) is 0 Å². The Labute approximate surface area is 124 Å². The highest BCUT2D eigenvalue weighted by Crippen LogP contribution is 2.15. The van der Waals surface area contributed by atoms with Crippen molar-refractivity contribution in [2.45, 2.75) is 26.3 Å². The molecule has 0 saturated carbocycles. The summed E-state index contributed by atoms with van der Waals surface area (Å²) in [4.78, 5) is 12.2. The fourth-order valence-corrected chi connectivity index (χ4v) is 2.57. The fourth-order valence-electron chi connectivity index (χ4n) is 2.57. The summed E-state index contributed by atoms with van der Waals surface area (Å²) in [6.45, 7) is 4.34. The highest BCUT2D eigenvalue weighted by molar-refractivity contribution is 5.94. The van der Waals surface area contributed by atoms with Crippen LogP contribution in [0.2, 0.25) is 0 Å². The summed E-state index contributed by atoms with van der Waals surface area (Å²) in [5.74, 6) is -0.0942. The average Bonchev–Trinajstić information content (AvgIpc) is 2.93. The summed E-state index contributed by atoms with van der Waals surface area (Å²) in [5.41, 5.74) is 5.10. The molecule has 1 amide bonds. The summed E-state index contributed by atoms with van der Waals surface area (Å²) in [7, 11) is 0. The number of hydrogen-bond donors (Lipinski definition) is 3. The maximum absolute atomic E-state index is 12.2. The number of rotatable bonds is 4. The van der Waals surface area contributed by atoms with Crippen LogP contribution >= 0.6 is 0 Å². The lowest BCUT2D eigenvalue weighted by Crippen LogP contribution is -2.29. The topological polar surface area (TPSA) is 69.8 Å². The first-order chi connectivity index (χ1) is 10.2. The number of benzene rings is 1. The lowest BCUT2D eigenvalue weighted by Gasteiger charge is -2.12. The van der Waals surface area contributed by atoms with Crippen LogP contribution in [-0.2, 0) is 19.4 Å². The van der Waals surface area contributed by atoms with E-state index in [0.29, 0.717) is 18.8 Å². The highest BCUT2D eigenvalue weighted by Gasteiger charge is 2.20. The number of aromatic amines is 1. The Morgan fingerprint density at radius 3 is 2.95 bits per heavy atom. The second kappa shape index (κ2) is 6.10.